The second-order valence-electron chi connectivity index (χ2n) is 1.27. The van der Waals surface area contributed by atoms with E-state index in [2.05, 4.69) is 0 Å². The number of hydrogen-bond donors (Lipinski definition) is 0. The van der Waals surface area contributed by atoms with Crippen molar-refractivity contribution >= 4 is 0 Å². The van der Waals surface area contributed by atoms with Crippen LogP contribution < -0.4 is 0 Å². The predicted octanol–water partition coefficient (Wildman–Crippen LogP) is 1.96. The van der Waals surface area contributed by atoms with Gasteiger partial charge in [-0.3, -0.25) is 0 Å². The van der Waals surface area contributed by atoms with Gasteiger partial charge in [0.1, 0.15) is 11.6 Å². The van der Waals surface area contributed by atoms with Gasteiger partial charge in [0, 0.05) is 0 Å². The van der Waals surface area contributed by atoms with Gasteiger partial charge in [0.05, 0.1) is 2.74 Å². The molecule has 0 heterocycles. The average Bonchev–Trinajstić information content (AvgIpc) is 1.84. The third kappa shape index (κ3) is 1.03. The summed E-state index contributed by atoms with van der Waals surface area (Å²) in [5, 5.41) is 0. The number of benzene rings is 1. The molecule has 1 aromatic rings. The van der Waals surface area contributed by atoms with Gasteiger partial charge in [-0.15, -0.1) is 0 Å². The van der Waals surface area contributed by atoms with Crippen molar-refractivity contribution in [2.45, 2.75) is 0 Å². The van der Waals surface area contributed by atoms with Crippen molar-refractivity contribution in [2.24, 2.45) is 0 Å². The summed E-state index contributed by atoms with van der Waals surface area (Å²) in [5.74, 6) is -1.74. The normalized spacial score (nSPS) is 12.8. The SMILES string of the molecule is [3H]c1cc(F)c([3H])cc1F. The van der Waals surface area contributed by atoms with Crippen LogP contribution in [-0.4, -0.2) is 0 Å². The van der Waals surface area contributed by atoms with Gasteiger partial charge >= 0.3 is 0 Å². The number of hydrogen-bond acceptors (Lipinski definition) is 0. The Morgan fingerprint density at radius 1 is 1.12 bits per heavy atom. The van der Waals surface area contributed by atoms with Crippen LogP contribution in [0.5, 0.6) is 0 Å². The maximum absolute atomic E-state index is 12.3. The molecule has 0 N–H and O–H groups in total. The van der Waals surface area contributed by atoms with Gasteiger partial charge in [0.25, 0.3) is 0 Å². The van der Waals surface area contributed by atoms with Crippen LogP contribution in [0.2, 0.25) is 0 Å². The van der Waals surface area contributed by atoms with Gasteiger partial charge in [-0.2, -0.15) is 0 Å². The van der Waals surface area contributed by atoms with Gasteiger partial charge in [-0.25, -0.2) is 8.78 Å². The summed E-state index contributed by atoms with van der Waals surface area (Å²) in [7, 11) is 0. The summed E-state index contributed by atoms with van der Waals surface area (Å²) in [6, 6.07) is 0.317. The minimum Gasteiger partial charge on any atom is -0.207 e. The van der Waals surface area contributed by atoms with Crippen molar-refractivity contribution in [1.29, 1.82) is 0 Å². The molecule has 0 unspecified atom stereocenters. The molecular formula is C6H4F2. The van der Waals surface area contributed by atoms with Crippen LogP contribution >= 0.6 is 0 Å². The lowest BCUT2D eigenvalue weighted by molar-refractivity contribution is 0.600. The van der Waals surface area contributed by atoms with E-state index in [0.717, 1.165) is 0 Å². The first kappa shape index (κ1) is 3.17. The summed E-state index contributed by atoms with van der Waals surface area (Å²) in [5.41, 5.74) is 0. The van der Waals surface area contributed by atoms with Gasteiger partial charge in [-0.05, 0) is 24.2 Å². The minimum atomic E-state index is -0.869. The predicted molar refractivity (Wildman–Crippen MR) is 26.4 cm³/mol. The molecule has 0 saturated heterocycles. The zero-order valence-electron chi connectivity index (χ0n) is 5.91. The largest absolute Gasteiger partial charge is 0.207 e. The summed E-state index contributed by atoms with van der Waals surface area (Å²) in [6.07, 6.45) is 0. The molecule has 0 aliphatic carbocycles. The molecule has 0 radical (unpaired) electrons. The maximum atomic E-state index is 12.3. The van der Waals surface area contributed by atoms with Crippen molar-refractivity contribution in [2.75, 3.05) is 0 Å². The van der Waals surface area contributed by atoms with Crippen molar-refractivity contribution in [1.82, 2.24) is 0 Å². The number of halogens is 2. The monoisotopic (exact) mass is 118 g/mol. The van der Waals surface area contributed by atoms with Crippen LogP contribution in [0.4, 0.5) is 8.78 Å². The Morgan fingerprint density at radius 2 is 1.50 bits per heavy atom. The molecule has 0 atom stereocenters. The Hall–Kier alpha value is -0.920. The van der Waals surface area contributed by atoms with E-state index in [9.17, 15) is 8.78 Å². The Morgan fingerprint density at radius 3 is 1.88 bits per heavy atom. The molecule has 0 aliphatic rings. The van der Waals surface area contributed by atoms with E-state index in [1.54, 1.807) is 0 Å². The van der Waals surface area contributed by atoms with Crippen LogP contribution in [0.25, 0.3) is 0 Å². The van der Waals surface area contributed by atoms with Crippen LogP contribution in [0.3, 0.4) is 0 Å². The van der Waals surface area contributed by atoms with Gasteiger partial charge in [0.2, 0.25) is 0 Å². The van der Waals surface area contributed by atoms with E-state index in [0.29, 0.717) is 12.1 Å². The molecule has 0 amide bonds. The van der Waals surface area contributed by atoms with E-state index < -0.39 is 23.7 Å². The highest BCUT2D eigenvalue weighted by Gasteiger charge is 1.86. The topological polar surface area (TPSA) is 0 Å². The summed E-state index contributed by atoms with van der Waals surface area (Å²) < 4.78 is 38.1. The third-order valence-electron chi connectivity index (χ3n) is 0.674. The molecule has 0 spiro atoms. The highest BCUT2D eigenvalue weighted by molar-refractivity contribution is 5.04. The van der Waals surface area contributed by atoms with E-state index in [-0.39, 0.29) is 0 Å². The van der Waals surface area contributed by atoms with Crippen LogP contribution in [0.1, 0.15) is 2.74 Å². The Balaban J connectivity index is 3.28. The lowest BCUT2D eigenvalue weighted by atomic mass is 10.3. The lowest BCUT2D eigenvalue weighted by Gasteiger charge is -1.83. The summed E-state index contributed by atoms with van der Waals surface area (Å²) in [6.45, 7) is 0. The average molecular weight is 118 g/mol. The van der Waals surface area contributed by atoms with Gasteiger partial charge in [0.15, 0.2) is 0 Å². The highest BCUT2D eigenvalue weighted by atomic mass is 19.1. The van der Waals surface area contributed by atoms with E-state index in [1.165, 1.54) is 0 Å². The molecule has 0 saturated carbocycles. The minimum absolute atomic E-state index is 0.520. The molecular weight excluding hydrogens is 110 g/mol. The Kier molecular flexibility index (Phi) is 0.755. The van der Waals surface area contributed by atoms with Gasteiger partial charge < -0.3 is 0 Å². The zero-order valence-corrected chi connectivity index (χ0v) is 3.91. The Labute approximate surface area is 48.6 Å². The molecule has 0 nitrogen and oxygen atoms in total. The quantitative estimate of drug-likeness (QED) is 0.488. The molecule has 8 heavy (non-hydrogen) atoms. The first-order chi connectivity index (χ1) is 4.61. The zero-order chi connectivity index (χ0) is 7.72. The van der Waals surface area contributed by atoms with Crippen molar-refractivity contribution in [3.63, 3.8) is 0 Å². The molecule has 2 heteroatoms. The van der Waals surface area contributed by atoms with Crippen molar-refractivity contribution < 1.29 is 11.5 Å². The van der Waals surface area contributed by atoms with E-state index in [4.69, 9.17) is 2.74 Å². The smallest absolute Gasteiger partial charge is 0.123 e. The molecule has 42 valence electrons. The van der Waals surface area contributed by atoms with E-state index in [1.807, 2.05) is 0 Å². The molecule has 1 rings (SSSR count). The molecule has 0 fully saturated rings. The molecule has 0 aromatic heterocycles. The molecule has 0 bridgehead atoms. The maximum Gasteiger partial charge on any atom is 0.123 e. The van der Waals surface area contributed by atoms with Gasteiger partial charge in [-0.1, -0.05) is 0 Å². The summed E-state index contributed by atoms with van der Waals surface area (Å²) in [4.78, 5) is 0. The second kappa shape index (κ2) is 1.90. The standard InChI is InChI=1S/C6H4F2/c7-5-1-2-6(8)4-3-5/h1-4H/i1T,4T. The van der Waals surface area contributed by atoms with Crippen LogP contribution in [0, 0.1) is 11.6 Å². The first-order valence-electron chi connectivity index (χ1n) is 3.03. The summed E-state index contributed by atoms with van der Waals surface area (Å²) >= 11 is 0. The second-order valence-corrected chi connectivity index (χ2v) is 1.27. The third-order valence-corrected chi connectivity index (χ3v) is 0.674. The molecule has 0 aliphatic heterocycles. The van der Waals surface area contributed by atoms with Crippen molar-refractivity contribution in [3.05, 3.63) is 35.9 Å². The van der Waals surface area contributed by atoms with Crippen LogP contribution in [0.15, 0.2) is 24.2 Å². The fourth-order valence-electron chi connectivity index (χ4n) is 0.348. The fourth-order valence-corrected chi connectivity index (χ4v) is 0.348. The molecule has 1 aromatic carbocycles. The van der Waals surface area contributed by atoms with E-state index >= 15 is 0 Å². The highest BCUT2D eigenvalue weighted by Crippen LogP contribution is 1.98. The van der Waals surface area contributed by atoms with Crippen LogP contribution in [-0.2, 0) is 0 Å². The Bertz CT molecular complexity index is 210. The van der Waals surface area contributed by atoms with Crippen molar-refractivity contribution in [3.8, 4) is 0 Å². The fraction of sp³-hybridized carbons (Fsp3) is 0. The number of rotatable bonds is 0. The first-order valence-corrected chi connectivity index (χ1v) is 2.03. The lowest BCUT2D eigenvalue weighted by Crippen LogP contribution is -1.72.